The molecule has 108 valence electrons. The van der Waals surface area contributed by atoms with Crippen LogP contribution in [-0.2, 0) is 9.84 Å². The minimum Gasteiger partial charge on any atom is -0.396 e. The van der Waals surface area contributed by atoms with Gasteiger partial charge in [-0.05, 0) is 38.0 Å². The standard InChI is InChI=1S/C14H23NO3S/c1-4-19(17,18)14-7-5-13(6-8-14)12(3)15-11(2)9-10-16/h5-8,11-12,15-16H,4,9-10H2,1-3H3/t11-,12?/m1/s1. The Morgan fingerprint density at radius 2 is 1.79 bits per heavy atom. The molecule has 0 aliphatic heterocycles. The number of hydrogen-bond donors (Lipinski definition) is 2. The Balaban J connectivity index is 2.76. The Bertz CT molecular complexity index is 482. The number of aliphatic hydroxyl groups excluding tert-OH is 1. The Hall–Kier alpha value is -0.910. The summed E-state index contributed by atoms with van der Waals surface area (Å²) >= 11 is 0. The second kappa shape index (κ2) is 7.03. The maximum absolute atomic E-state index is 11.7. The predicted octanol–water partition coefficient (Wildman–Crippen LogP) is 1.90. The number of nitrogens with one attached hydrogen (secondary N) is 1. The summed E-state index contributed by atoms with van der Waals surface area (Å²) in [6.45, 7) is 5.85. The van der Waals surface area contributed by atoms with Gasteiger partial charge in [0.15, 0.2) is 9.84 Å². The quantitative estimate of drug-likeness (QED) is 0.803. The van der Waals surface area contributed by atoms with E-state index >= 15 is 0 Å². The van der Waals surface area contributed by atoms with Crippen LogP contribution in [0.3, 0.4) is 0 Å². The molecule has 0 aliphatic carbocycles. The van der Waals surface area contributed by atoms with Crippen molar-refractivity contribution >= 4 is 9.84 Å². The Morgan fingerprint density at radius 1 is 1.21 bits per heavy atom. The number of hydrogen-bond acceptors (Lipinski definition) is 4. The van der Waals surface area contributed by atoms with Gasteiger partial charge in [0.1, 0.15) is 0 Å². The first-order valence-electron chi connectivity index (χ1n) is 6.60. The highest BCUT2D eigenvalue weighted by atomic mass is 32.2. The summed E-state index contributed by atoms with van der Waals surface area (Å²) in [6.07, 6.45) is 0.701. The highest BCUT2D eigenvalue weighted by molar-refractivity contribution is 7.91. The van der Waals surface area contributed by atoms with Gasteiger partial charge in [-0.3, -0.25) is 0 Å². The molecule has 1 aromatic rings. The SMILES string of the molecule is CCS(=O)(=O)c1ccc(C(C)N[C@H](C)CCO)cc1. The van der Waals surface area contributed by atoms with Crippen LogP contribution in [0.4, 0.5) is 0 Å². The lowest BCUT2D eigenvalue weighted by Gasteiger charge is -2.20. The van der Waals surface area contributed by atoms with Gasteiger partial charge in [-0.15, -0.1) is 0 Å². The molecule has 1 rings (SSSR count). The van der Waals surface area contributed by atoms with Crippen molar-refractivity contribution in [2.75, 3.05) is 12.4 Å². The first kappa shape index (κ1) is 16.1. The van der Waals surface area contributed by atoms with Gasteiger partial charge in [0.2, 0.25) is 0 Å². The Morgan fingerprint density at radius 3 is 2.26 bits per heavy atom. The molecule has 1 aromatic carbocycles. The summed E-state index contributed by atoms with van der Waals surface area (Å²) in [7, 11) is -3.13. The lowest BCUT2D eigenvalue weighted by molar-refractivity contribution is 0.264. The van der Waals surface area contributed by atoms with E-state index in [-0.39, 0.29) is 24.4 Å². The van der Waals surface area contributed by atoms with Crippen LogP contribution in [0.15, 0.2) is 29.2 Å². The molecular formula is C14H23NO3S. The zero-order valence-electron chi connectivity index (χ0n) is 11.8. The molecule has 0 heterocycles. The molecule has 0 spiro atoms. The Kier molecular flexibility index (Phi) is 5.97. The van der Waals surface area contributed by atoms with Crippen molar-refractivity contribution in [1.82, 2.24) is 5.32 Å². The van der Waals surface area contributed by atoms with Gasteiger partial charge in [0.25, 0.3) is 0 Å². The molecule has 0 amide bonds. The van der Waals surface area contributed by atoms with Crippen LogP contribution in [-0.4, -0.2) is 31.9 Å². The smallest absolute Gasteiger partial charge is 0.178 e. The van der Waals surface area contributed by atoms with Crippen LogP contribution in [0.1, 0.15) is 38.8 Å². The molecule has 0 saturated heterocycles. The van der Waals surface area contributed by atoms with Gasteiger partial charge in [-0.2, -0.15) is 0 Å². The van der Waals surface area contributed by atoms with E-state index in [1.165, 1.54) is 0 Å². The molecular weight excluding hydrogens is 262 g/mol. The van der Waals surface area contributed by atoms with E-state index in [0.29, 0.717) is 11.3 Å². The second-order valence-corrected chi connectivity index (χ2v) is 7.05. The van der Waals surface area contributed by atoms with Gasteiger partial charge in [-0.25, -0.2) is 8.42 Å². The first-order valence-corrected chi connectivity index (χ1v) is 8.25. The third-order valence-electron chi connectivity index (χ3n) is 3.22. The summed E-state index contributed by atoms with van der Waals surface area (Å²) < 4.78 is 23.4. The molecule has 0 fully saturated rings. The van der Waals surface area contributed by atoms with E-state index < -0.39 is 9.84 Å². The van der Waals surface area contributed by atoms with Crippen LogP contribution in [0.5, 0.6) is 0 Å². The van der Waals surface area contributed by atoms with Gasteiger partial charge in [0.05, 0.1) is 10.6 Å². The molecule has 0 saturated carbocycles. The summed E-state index contributed by atoms with van der Waals surface area (Å²) in [6, 6.07) is 7.34. The molecule has 0 aliphatic rings. The van der Waals surface area contributed by atoms with Gasteiger partial charge in [0, 0.05) is 18.7 Å². The normalized spacial score (nSPS) is 15.2. The molecule has 5 heteroatoms. The van der Waals surface area contributed by atoms with Crippen LogP contribution in [0, 0.1) is 0 Å². The minimum absolute atomic E-state index is 0.119. The lowest BCUT2D eigenvalue weighted by atomic mass is 10.1. The van der Waals surface area contributed by atoms with Gasteiger partial charge in [-0.1, -0.05) is 19.1 Å². The second-order valence-electron chi connectivity index (χ2n) is 4.77. The van der Waals surface area contributed by atoms with E-state index in [9.17, 15) is 8.42 Å². The van der Waals surface area contributed by atoms with E-state index in [0.717, 1.165) is 5.56 Å². The van der Waals surface area contributed by atoms with Crippen molar-refractivity contribution < 1.29 is 13.5 Å². The van der Waals surface area contributed by atoms with Crippen molar-refractivity contribution in [3.63, 3.8) is 0 Å². The third-order valence-corrected chi connectivity index (χ3v) is 4.97. The molecule has 2 N–H and O–H groups in total. The summed E-state index contributed by atoms with van der Waals surface area (Å²) in [4.78, 5) is 0.370. The molecule has 0 bridgehead atoms. The zero-order chi connectivity index (χ0) is 14.5. The minimum atomic E-state index is -3.13. The van der Waals surface area contributed by atoms with Gasteiger partial charge >= 0.3 is 0 Å². The zero-order valence-corrected chi connectivity index (χ0v) is 12.6. The highest BCUT2D eigenvalue weighted by Crippen LogP contribution is 2.17. The molecule has 0 radical (unpaired) electrons. The topological polar surface area (TPSA) is 66.4 Å². The average molecular weight is 285 g/mol. The average Bonchev–Trinajstić information content (AvgIpc) is 2.39. The molecule has 2 atom stereocenters. The van der Waals surface area contributed by atoms with Crippen LogP contribution < -0.4 is 5.32 Å². The number of rotatable bonds is 7. The van der Waals surface area contributed by atoms with Crippen molar-refractivity contribution in [2.24, 2.45) is 0 Å². The fraction of sp³-hybridized carbons (Fsp3) is 0.571. The largest absolute Gasteiger partial charge is 0.396 e. The lowest BCUT2D eigenvalue weighted by Crippen LogP contribution is -2.29. The number of aliphatic hydroxyl groups is 1. The van der Waals surface area contributed by atoms with Crippen molar-refractivity contribution in [1.29, 1.82) is 0 Å². The fourth-order valence-electron chi connectivity index (χ4n) is 1.93. The maximum Gasteiger partial charge on any atom is 0.178 e. The summed E-state index contributed by atoms with van der Waals surface area (Å²) in [5.74, 6) is 0.119. The Labute approximate surface area is 115 Å². The molecule has 1 unspecified atom stereocenters. The molecule has 4 nitrogen and oxygen atoms in total. The van der Waals surface area contributed by atoms with Crippen molar-refractivity contribution in [3.8, 4) is 0 Å². The number of sulfone groups is 1. The van der Waals surface area contributed by atoms with Crippen molar-refractivity contribution in [3.05, 3.63) is 29.8 Å². The van der Waals surface area contributed by atoms with E-state index in [1.807, 2.05) is 26.0 Å². The molecule has 0 aromatic heterocycles. The molecule has 19 heavy (non-hydrogen) atoms. The summed E-state index contributed by atoms with van der Waals surface area (Å²) in [5.41, 5.74) is 1.04. The monoisotopic (exact) mass is 285 g/mol. The number of benzene rings is 1. The highest BCUT2D eigenvalue weighted by Gasteiger charge is 2.13. The van der Waals surface area contributed by atoms with E-state index in [2.05, 4.69) is 5.32 Å². The van der Waals surface area contributed by atoms with Crippen molar-refractivity contribution in [2.45, 2.75) is 44.2 Å². The maximum atomic E-state index is 11.7. The fourth-order valence-corrected chi connectivity index (χ4v) is 2.81. The summed E-state index contributed by atoms with van der Waals surface area (Å²) in [5, 5.41) is 12.2. The predicted molar refractivity (Wildman–Crippen MR) is 76.9 cm³/mol. The van der Waals surface area contributed by atoms with Crippen LogP contribution >= 0.6 is 0 Å². The third kappa shape index (κ3) is 4.60. The van der Waals surface area contributed by atoms with Gasteiger partial charge < -0.3 is 10.4 Å². The van der Waals surface area contributed by atoms with E-state index in [1.54, 1.807) is 19.1 Å². The first-order chi connectivity index (χ1) is 8.90. The van der Waals surface area contributed by atoms with Crippen LogP contribution in [0.2, 0.25) is 0 Å². The van der Waals surface area contributed by atoms with Crippen LogP contribution in [0.25, 0.3) is 0 Å². The van der Waals surface area contributed by atoms with E-state index in [4.69, 9.17) is 5.11 Å².